The Labute approximate surface area is 109 Å². The highest BCUT2D eigenvalue weighted by Gasteiger charge is 2.29. The largest absolute Gasteiger partial charge is 0.351 e. The van der Waals surface area contributed by atoms with Crippen LogP contribution in [-0.4, -0.2) is 17.3 Å². The molecule has 1 atom stereocenters. The monoisotopic (exact) mass is 299 g/mol. The third kappa shape index (κ3) is 3.28. The lowest BCUT2D eigenvalue weighted by Crippen LogP contribution is -2.30. The number of nitrogens with one attached hydrogen (secondary N) is 1. The summed E-state index contributed by atoms with van der Waals surface area (Å²) in [5.74, 6) is 0.134. The SMILES string of the molecule is Cc1ccc(C(=O)NCC(Br)C2CC2)cc1F. The van der Waals surface area contributed by atoms with Gasteiger partial charge in [-0.2, -0.15) is 0 Å². The van der Waals surface area contributed by atoms with E-state index in [4.69, 9.17) is 0 Å². The highest BCUT2D eigenvalue weighted by atomic mass is 79.9. The zero-order valence-corrected chi connectivity index (χ0v) is 11.3. The fourth-order valence-corrected chi connectivity index (χ4v) is 2.34. The second-order valence-electron chi connectivity index (χ2n) is 4.53. The third-order valence-corrected chi connectivity index (χ3v) is 4.10. The summed E-state index contributed by atoms with van der Waals surface area (Å²) in [6, 6.07) is 4.55. The van der Waals surface area contributed by atoms with E-state index >= 15 is 0 Å². The molecule has 2 nitrogen and oxygen atoms in total. The Morgan fingerprint density at radius 1 is 1.59 bits per heavy atom. The van der Waals surface area contributed by atoms with Gasteiger partial charge in [0, 0.05) is 16.9 Å². The molecule has 0 radical (unpaired) electrons. The molecule has 2 rings (SSSR count). The number of amides is 1. The Hall–Kier alpha value is -0.900. The van der Waals surface area contributed by atoms with Crippen molar-refractivity contribution in [3.63, 3.8) is 0 Å². The van der Waals surface area contributed by atoms with E-state index in [0.717, 1.165) is 0 Å². The molecule has 0 saturated heterocycles. The van der Waals surface area contributed by atoms with Crippen LogP contribution in [0.5, 0.6) is 0 Å². The van der Waals surface area contributed by atoms with Crippen LogP contribution >= 0.6 is 15.9 Å². The highest BCUT2D eigenvalue weighted by molar-refractivity contribution is 9.09. The molecule has 4 heteroatoms. The summed E-state index contributed by atoms with van der Waals surface area (Å²) in [5, 5.41) is 2.81. The van der Waals surface area contributed by atoms with E-state index in [1.807, 2.05) is 0 Å². The molecule has 1 aromatic rings. The van der Waals surface area contributed by atoms with Gasteiger partial charge < -0.3 is 5.32 Å². The molecule has 17 heavy (non-hydrogen) atoms. The number of carbonyl (C=O) groups is 1. The zero-order valence-electron chi connectivity index (χ0n) is 9.67. The van der Waals surface area contributed by atoms with Gasteiger partial charge in [0.1, 0.15) is 5.82 Å². The zero-order chi connectivity index (χ0) is 12.4. The van der Waals surface area contributed by atoms with Gasteiger partial charge in [0.05, 0.1) is 0 Å². The van der Waals surface area contributed by atoms with Crippen molar-refractivity contribution in [3.8, 4) is 0 Å². The molecular weight excluding hydrogens is 285 g/mol. The third-order valence-electron chi connectivity index (χ3n) is 3.03. The van der Waals surface area contributed by atoms with Crippen LogP contribution in [0.4, 0.5) is 4.39 Å². The molecule has 1 N–H and O–H groups in total. The van der Waals surface area contributed by atoms with E-state index in [1.54, 1.807) is 19.1 Å². The van der Waals surface area contributed by atoms with Crippen LogP contribution in [0.1, 0.15) is 28.8 Å². The van der Waals surface area contributed by atoms with Gasteiger partial charge >= 0.3 is 0 Å². The van der Waals surface area contributed by atoms with Crippen LogP contribution < -0.4 is 5.32 Å². The predicted molar refractivity (Wildman–Crippen MR) is 68.9 cm³/mol. The molecule has 1 fully saturated rings. The van der Waals surface area contributed by atoms with Crippen LogP contribution in [0.3, 0.4) is 0 Å². The standard InChI is InChI=1S/C13H15BrFNO/c1-8-2-3-10(6-12(8)15)13(17)16-7-11(14)9-4-5-9/h2-3,6,9,11H,4-5,7H2,1H3,(H,16,17). The number of aryl methyl sites for hydroxylation is 1. The van der Waals surface area contributed by atoms with Crippen molar-refractivity contribution < 1.29 is 9.18 Å². The molecule has 0 aliphatic heterocycles. The molecule has 0 spiro atoms. The predicted octanol–water partition coefficient (Wildman–Crippen LogP) is 3.04. The molecule has 1 aliphatic carbocycles. The summed E-state index contributed by atoms with van der Waals surface area (Å²) in [7, 11) is 0. The summed E-state index contributed by atoms with van der Waals surface area (Å²) < 4.78 is 13.3. The quantitative estimate of drug-likeness (QED) is 0.851. The minimum Gasteiger partial charge on any atom is -0.351 e. The van der Waals surface area contributed by atoms with Gasteiger partial charge in [-0.05, 0) is 43.4 Å². The average molecular weight is 300 g/mol. The molecule has 92 valence electrons. The molecule has 0 aromatic heterocycles. The lowest BCUT2D eigenvalue weighted by atomic mass is 10.1. The van der Waals surface area contributed by atoms with E-state index in [2.05, 4.69) is 21.2 Å². The van der Waals surface area contributed by atoms with E-state index < -0.39 is 0 Å². The van der Waals surface area contributed by atoms with Crippen LogP contribution in [0.25, 0.3) is 0 Å². The van der Waals surface area contributed by atoms with Crippen molar-refractivity contribution in [2.45, 2.75) is 24.6 Å². The lowest BCUT2D eigenvalue weighted by molar-refractivity contribution is 0.0953. The van der Waals surface area contributed by atoms with E-state index in [-0.39, 0.29) is 11.7 Å². The van der Waals surface area contributed by atoms with E-state index in [0.29, 0.717) is 28.4 Å². The van der Waals surface area contributed by atoms with Crippen LogP contribution in [-0.2, 0) is 0 Å². The van der Waals surface area contributed by atoms with Gasteiger partial charge in [-0.3, -0.25) is 4.79 Å². The second kappa shape index (κ2) is 5.17. The van der Waals surface area contributed by atoms with Crippen molar-refractivity contribution in [2.24, 2.45) is 5.92 Å². The first-order chi connectivity index (χ1) is 8.08. The number of benzene rings is 1. The van der Waals surface area contributed by atoms with Crippen molar-refractivity contribution >= 4 is 21.8 Å². The Balaban J connectivity index is 1.92. The second-order valence-corrected chi connectivity index (χ2v) is 5.70. The van der Waals surface area contributed by atoms with Crippen molar-refractivity contribution in [3.05, 3.63) is 35.1 Å². The van der Waals surface area contributed by atoms with Gasteiger partial charge in [-0.1, -0.05) is 22.0 Å². The Kier molecular flexibility index (Phi) is 3.82. The number of halogens is 2. The summed E-state index contributed by atoms with van der Waals surface area (Å²) in [6.07, 6.45) is 2.45. The van der Waals surface area contributed by atoms with Gasteiger partial charge in [-0.25, -0.2) is 4.39 Å². The Morgan fingerprint density at radius 2 is 2.29 bits per heavy atom. The van der Waals surface area contributed by atoms with Gasteiger partial charge in [0.15, 0.2) is 0 Å². The topological polar surface area (TPSA) is 29.1 Å². The maximum absolute atomic E-state index is 13.3. The van der Waals surface area contributed by atoms with E-state index in [9.17, 15) is 9.18 Å². The summed E-state index contributed by atoms with van der Waals surface area (Å²) >= 11 is 3.54. The summed E-state index contributed by atoms with van der Waals surface area (Å²) in [4.78, 5) is 12.1. The summed E-state index contributed by atoms with van der Waals surface area (Å²) in [6.45, 7) is 2.28. The van der Waals surface area contributed by atoms with Crippen molar-refractivity contribution in [1.29, 1.82) is 0 Å². The smallest absolute Gasteiger partial charge is 0.251 e. The lowest BCUT2D eigenvalue weighted by Gasteiger charge is -2.10. The molecule has 1 aromatic carbocycles. The minimum atomic E-state index is -0.338. The van der Waals surface area contributed by atoms with Crippen molar-refractivity contribution in [1.82, 2.24) is 5.32 Å². The normalized spacial score (nSPS) is 16.6. The average Bonchev–Trinajstić information content (AvgIpc) is 3.13. The van der Waals surface area contributed by atoms with Crippen LogP contribution in [0.2, 0.25) is 0 Å². The van der Waals surface area contributed by atoms with Gasteiger partial charge in [-0.15, -0.1) is 0 Å². The maximum Gasteiger partial charge on any atom is 0.251 e. The number of rotatable bonds is 4. The molecule has 1 unspecified atom stereocenters. The molecule has 1 aliphatic rings. The first kappa shape index (κ1) is 12.6. The fourth-order valence-electron chi connectivity index (χ4n) is 1.65. The molecule has 0 bridgehead atoms. The first-order valence-electron chi connectivity index (χ1n) is 5.76. The Morgan fingerprint density at radius 3 is 2.88 bits per heavy atom. The highest BCUT2D eigenvalue weighted by Crippen LogP contribution is 2.36. The fraction of sp³-hybridized carbons (Fsp3) is 0.462. The number of hydrogen-bond acceptors (Lipinski definition) is 1. The maximum atomic E-state index is 13.3. The minimum absolute atomic E-state index is 0.214. The summed E-state index contributed by atoms with van der Waals surface area (Å²) in [5.41, 5.74) is 0.932. The van der Waals surface area contributed by atoms with Gasteiger partial charge in [0.25, 0.3) is 5.91 Å². The number of carbonyl (C=O) groups excluding carboxylic acids is 1. The molecule has 1 amide bonds. The van der Waals surface area contributed by atoms with Crippen LogP contribution in [0, 0.1) is 18.7 Å². The first-order valence-corrected chi connectivity index (χ1v) is 6.68. The van der Waals surface area contributed by atoms with Crippen molar-refractivity contribution in [2.75, 3.05) is 6.54 Å². The molecule has 1 saturated carbocycles. The molecule has 0 heterocycles. The Bertz CT molecular complexity index is 431. The number of hydrogen-bond donors (Lipinski definition) is 1. The van der Waals surface area contributed by atoms with Crippen LogP contribution in [0.15, 0.2) is 18.2 Å². The molecular formula is C13H15BrFNO. The number of alkyl halides is 1. The van der Waals surface area contributed by atoms with Gasteiger partial charge in [0.2, 0.25) is 0 Å². The van der Waals surface area contributed by atoms with E-state index in [1.165, 1.54) is 18.9 Å².